The van der Waals surface area contributed by atoms with Crippen molar-refractivity contribution in [1.82, 2.24) is 46.2 Å². The number of aromatic nitrogens is 2. The zero-order chi connectivity index (χ0) is 55.9. The van der Waals surface area contributed by atoms with E-state index in [4.69, 9.17) is 0 Å². The number of thioether (sulfide) groups is 1. The summed E-state index contributed by atoms with van der Waals surface area (Å²) in [6.45, 7) is 10.2. The van der Waals surface area contributed by atoms with Crippen molar-refractivity contribution >= 4 is 51.9 Å². The number of aliphatic hydroxyl groups excluding tert-OH is 1. The average Bonchev–Trinajstić information content (AvgIpc) is 4.18. The molecule has 2 aromatic carbocycles. The van der Waals surface area contributed by atoms with Crippen LogP contribution >= 0.6 is 11.8 Å². The van der Waals surface area contributed by atoms with Gasteiger partial charge in [0.1, 0.15) is 25.0 Å². The summed E-state index contributed by atoms with van der Waals surface area (Å²) in [5, 5.41) is 54.7. The van der Waals surface area contributed by atoms with Crippen molar-refractivity contribution in [3.8, 4) is 11.1 Å². The first-order valence-corrected chi connectivity index (χ1v) is 28.7. The standard InChI is InChI=1S/C57H80F2N12O6S/c1-36-52(78-35-63-36)38-17-15-37(16-18-38)29-62-55(75)48-27-42(72)33-71(48,77)34-49(57(2,3)4)66-50(73)13-9-7-8-10-14-51(74)68-23-19-41(20-24-68)65-46-21-25-69(56(76)61-5)32-45(46)54(60)70-22-11-12-39-26-43(40-30-64-67(6)31-40)44(53(58)59)28-47(39)70/h15-18,26,28,30-31,41-42,48-49,53,60,63,65,72H,7-14,19-25,27,29,32-35H2,1-6H3,(H,61,76)(H,62,75)(H,66,73)/t42-,48+,49-,71?/m1/s1. The van der Waals surface area contributed by atoms with E-state index in [9.17, 15) is 43.7 Å². The van der Waals surface area contributed by atoms with E-state index >= 15 is 0 Å². The molecular weight excluding hydrogens is 1020 g/mol. The number of fused-ring (bicyclic) bond motifs is 1. The number of halogens is 2. The number of hydrogen-bond acceptors (Lipinski definition) is 11. The number of nitrogens with one attached hydrogen (secondary N) is 6. The van der Waals surface area contributed by atoms with Gasteiger partial charge in [0, 0.05) is 123 Å². The Bertz CT molecular complexity index is 2740. The number of amidine groups is 1. The second-order valence-corrected chi connectivity index (χ2v) is 23.8. The Morgan fingerprint density at radius 2 is 1.72 bits per heavy atom. The molecule has 0 aliphatic carbocycles. The van der Waals surface area contributed by atoms with Crippen molar-refractivity contribution in [3.63, 3.8) is 0 Å². The second-order valence-electron chi connectivity index (χ2n) is 22.8. The molecule has 78 heavy (non-hydrogen) atoms. The van der Waals surface area contributed by atoms with Gasteiger partial charge in [0.05, 0.1) is 24.7 Å². The molecule has 5 aliphatic rings. The predicted octanol–water partition coefficient (Wildman–Crippen LogP) is 7.25. The summed E-state index contributed by atoms with van der Waals surface area (Å²) in [6.07, 6.45) is 6.49. The van der Waals surface area contributed by atoms with E-state index in [1.54, 1.807) is 47.8 Å². The minimum atomic E-state index is -2.74. The number of anilines is 1. The van der Waals surface area contributed by atoms with Crippen molar-refractivity contribution in [2.45, 2.75) is 142 Å². The van der Waals surface area contributed by atoms with E-state index in [1.807, 2.05) is 60.9 Å². The topological polar surface area (TPSA) is 223 Å². The summed E-state index contributed by atoms with van der Waals surface area (Å²) < 4.78 is 30.0. The molecule has 4 atom stereocenters. The van der Waals surface area contributed by atoms with Gasteiger partial charge in [0.2, 0.25) is 11.8 Å². The molecule has 7 N–H and O–H groups in total. The molecule has 18 nitrogen and oxygen atoms in total. The van der Waals surface area contributed by atoms with Gasteiger partial charge in [-0.05, 0) is 85.3 Å². The van der Waals surface area contributed by atoms with Crippen LogP contribution in [0.15, 0.2) is 65.8 Å². The summed E-state index contributed by atoms with van der Waals surface area (Å²) in [5.74, 6) is 0.518. The summed E-state index contributed by atoms with van der Waals surface area (Å²) in [7, 11) is 3.32. The summed E-state index contributed by atoms with van der Waals surface area (Å²) >= 11 is 1.75. The number of urea groups is 1. The number of likely N-dealkylation sites (tertiary alicyclic amines) is 2. The van der Waals surface area contributed by atoms with E-state index in [-0.39, 0.29) is 74.3 Å². The number of nitrogens with zero attached hydrogens (tertiary/aromatic N) is 6. The van der Waals surface area contributed by atoms with Crippen LogP contribution in [0.4, 0.5) is 19.3 Å². The van der Waals surface area contributed by atoms with E-state index in [2.05, 4.69) is 38.6 Å². The van der Waals surface area contributed by atoms with Crippen LogP contribution in [0.1, 0.15) is 127 Å². The highest BCUT2D eigenvalue weighted by Crippen LogP contribution is 2.40. The molecule has 3 aromatic rings. The van der Waals surface area contributed by atoms with Gasteiger partial charge in [-0.3, -0.25) is 24.5 Å². The Balaban J connectivity index is 0.782. The van der Waals surface area contributed by atoms with Gasteiger partial charge in [-0.2, -0.15) is 5.10 Å². The van der Waals surface area contributed by atoms with E-state index < -0.39 is 40.6 Å². The Hall–Kier alpha value is -6.03. The minimum absolute atomic E-state index is 0.0352. The Kier molecular flexibility index (Phi) is 18.9. The molecular formula is C57H80F2N12O6S. The number of amides is 5. The van der Waals surface area contributed by atoms with Gasteiger partial charge in [-0.1, -0.05) is 57.9 Å². The van der Waals surface area contributed by atoms with E-state index in [0.29, 0.717) is 93.5 Å². The normalized spacial score (nSPS) is 21.4. The molecule has 0 bridgehead atoms. The lowest BCUT2D eigenvalue weighted by Gasteiger charge is -2.47. The number of unbranched alkanes of at least 4 members (excludes halogenated alkanes) is 3. The molecule has 5 amide bonds. The quantitative estimate of drug-likeness (QED) is 0.0208. The Morgan fingerprint density at radius 3 is 2.37 bits per heavy atom. The SMILES string of the molecule is CNC(=O)N1CCC(NC2CCN(C(=O)CCCCCCC(=O)N[C@H](C[N+]3([O-])C[C@H](O)C[C@H]3C(=O)NCc3ccc(C4=C(C)NCS4)cc3)C(C)(C)C)CC2)=C(C(=N)N2CCCc3cc(-c4cnn(C)c4)c(C(F)F)cc32)C1. The van der Waals surface area contributed by atoms with Gasteiger partial charge in [0.25, 0.3) is 12.3 Å². The predicted molar refractivity (Wildman–Crippen MR) is 301 cm³/mol. The van der Waals surface area contributed by atoms with Crippen molar-refractivity contribution < 1.29 is 37.7 Å². The number of aryl methyl sites for hydroxylation is 2. The Labute approximate surface area is 461 Å². The fourth-order valence-electron chi connectivity index (χ4n) is 11.5. The van der Waals surface area contributed by atoms with Gasteiger partial charge in [-0.15, -0.1) is 11.8 Å². The molecule has 5 aliphatic heterocycles. The largest absolute Gasteiger partial charge is 0.632 e. The van der Waals surface area contributed by atoms with Crippen LogP contribution in [0.3, 0.4) is 0 Å². The molecule has 0 spiro atoms. The third-order valence-corrected chi connectivity index (χ3v) is 17.2. The third kappa shape index (κ3) is 14.0. The average molecular weight is 1100 g/mol. The molecule has 1 aromatic heterocycles. The van der Waals surface area contributed by atoms with Crippen LogP contribution in [-0.4, -0.2) is 142 Å². The number of hydrogen-bond donors (Lipinski definition) is 7. The van der Waals surface area contributed by atoms with Crippen LogP contribution < -0.4 is 31.5 Å². The number of quaternary nitrogens is 1. The van der Waals surface area contributed by atoms with Crippen LogP contribution in [0.5, 0.6) is 0 Å². The monoisotopic (exact) mass is 1100 g/mol. The highest BCUT2D eigenvalue weighted by Gasteiger charge is 2.47. The fourth-order valence-corrected chi connectivity index (χ4v) is 12.6. The van der Waals surface area contributed by atoms with Gasteiger partial charge >= 0.3 is 6.03 Å². The fraction of sp³-hybridized carbons (Fsp3) is 0.579. The molecule has 1 unspecified atom stereocenters. The summed E-state index contributed by atoms with van der Waals surface area (Å²) in [5.41, 5.74) is 6.53. The van der Waals surface area contributed by atoms with Crippen LogP contribution in [0.2, 0.25) is 0 Å². The second kappa shape index (κ2) is 25.4. The molecule has 8 rings (SSSR count). The highest BCUT2D eigenvalue weighted by molar-refractivity contribution is 8.08. The lowest BCUT2D eigenvalue weighted by molar-refractivity contribution is -0.886. The number of benzene rings is 2. The van der Waals surface area contributed by atoms with Crippen molar-refractivity contribution in [3.05, 3.63) is 93.2 Å². The molecule has 2 fully saturated rings. The van der Waals surface area contributed by atoms with Gasteiger partial charge < -0.3 is 56.2 Å². The first-order valence-electron chi connectivity index (χ1n) is 27.7. The van der Waals surface area contributed by atoms with E-state index in [1.165, 1.54) is 11.0 Å². The van der Waals surface area contributed by atoms with Gasteiger partial charge in [0.15, 0.2) is 6.04 Å². The molecule has 424 valence electrons. The number of carbonyl (C=O) groups is 4. The summed E-state index contributed by atoms with van der Waals surface area (Å²) in [4.78, 5) is 59.8. The molecule has 0 radical (unpaired) electrons. The molecule has 0 saturated carbocycles. The maximum absolute atomic E-state index is 14.7. The first kappa shape index (κ1) is 58.1. The maximum atomic E-state index is 14.7. The zero-order valence-electron chi connectivity index (χ0n) is 46.2. The first-order chi connectivity index (χ1) is 37.2. The maximum Gasteiger partial charge on any atom is 0.317 e. The number of aliphatic hydroxyl groups is 1. The number of carbonyl (C=O) groups excluding carboxylic acids is 4. The van der Waals surface area contributed by atoms with Crippen molar-refractivity contribution in [2.75, 3.05) is 63.6 Å². The lowest BCUT2D eigenvalue weighted by atomic mass is 9.86. The lowest BCUT2D eigenvalue weighted by Crippen LogP contribution is -2.61. The van der Waals surface area contributed by atoms with Crippen LogP contribution in [0, 0.1) is 16.0 Å². The van der Waals surface area contributed by atoms with Crippen molar-refractivity contribution in [1.29, 1.82) is 5.41 Å². The molecule has 21 heteroatoms. The van der Waals surface area contributed by atoms with Crippen molar-refractivity contribution in [2.24, 2.45) is 12.5 Å². The van der Waals surface area contributed by atoms with Gasteiger partial charge in [-0.25, -0.2) is 13.6 Å². The number of piperidine rings is 1. The number of allylic oxidation sites excluding steroid dienone is 1. The molecule has 6 heterocycles. The number of hydroxylamine groups is 3. The Morgan fingerprint density at radius 1 is 0.987 bits per heavy atom. The zero-order valence-corrected chi connectivity index (χ0v) is 47.0. The van der Waals surface area contributed by atoms with Crippen LogP contribution in [-0.2, 0) is 34.4 Å². The smallest absolute Gasteiger partial charge is 0.317 e. The number of rotatable bonds is 19. The third-order valence-electron chi connectivity index (χ3n) is 16.1. The highest BCUT2D eigenvalue weighted by atomic mass is 32.2. The van der Waals surface area contributed by atoms with Crippen LogP contribution in [0.25, 0.3) is 16.0 Å². The van der Waals surface area contributed by atoms with E-state index in [0.717, 1.165) is 53.2 Å². The molecule has 2 saturated heterocycles. The minimum Gasteiger partial charge on any atom is -0.632 e. The number of alkyl halides is 2. The summed E-state index contributed by atoms with van der Waals surface area (Å²) in [6, 6.07) is 9.55.